The van der Waals surface area contributed by atoms with Gasteiger partial charge in [-0.3, -0.25) is 4.90 Å². The summed E-state index contributed by atoms with van der Waals surface area (Å²) in [7, 11) is 0. The van der Waals surface area contributed by atoms with Crippen molar-refractivity contribution in [2.75, 3.05) is 13.2 Å². The van der Waals surface area contributed by atoms with Gasteiger partial charge in [-0.25, -0.2) is 0 Å². The van der Waals surface area contributed by atoms with Crippen LogP contribution in [0.2, 0.25) is 5.02 Å². The van der Waals surface area contributed by atoms with Crippen LogP contribution in [-0.4, -0.2) is 39.3 Å². The molecule has 0 amide bonds. The Bertz CT molecular complexity index is 587. The smallest absolute Gasteiger partial charge is 0.258 e. The maximum atomic E-state index is 9.31. The van der Waals surface area contributed by atoms with Gasteiger partial charge in [0.2, 0.25) is 0 Å². The molecule has 1 N–H and O–H groups in total. The first-order valence-corrected chi connectivity index (χ1v) is 7.07. The van der Waals surface area contributed by atoms with Crippen molar-refractivity contribution in [1.29, 1.82) is 0 Å². The van der Waals surface area contributed by atoms with E-state index in [1.54, 1.807) is 12.1 Å². The zero-order valence-electron chi connectivity index (χ0n) is 11.0. The molecule has 2 heterocycles. The zero-order chi connectivity index (χ0) is 13.9. The van der Waals surface area contributed by atoms with Gasteiger partial charge in [0.15, 0.2) is 5.82 Å². The first kappa shape index (κ1) is 13.5. The number of hydrogen-bond donors (Lipinski definition) is 1. The Morgan fingerprint density at radius 2 is 2.35 bits per heavy atom. The second-order valence-electron chi connectivity index (χ2n) is 4.98. The average molecular weight is 294 g/mol. The number of nitrogens with zero attached hydrogens (tertiary/aromatic N) is 3. The van der Waals surface area contributed by atoms with Crippen LogP contribution in [0.1, 0.15) is 18.7 Å². The molecule has 5 nitrogen and oxygen atoms in total. The van der Waals surface area contributed by atoms with Gasteiger partial charge >= 0.3 is 0 Å². The lowest BCUT2D eigenvalue weighted by Crippen LogP contribution is -2.31. The summed E-state index contributed by atoms with van der Waals surface area (Å²) in [6, 6.07) is 7.55. The van der Waals surface area contributed by atoms with Crippen molar-refractivity contribution in [2.24, 2.45) is 0 Å². The number of likely N-dealkylation sites (tertiary alicyclic amines) is 1. The third-order valence-electron chi connectivity index (χ3n) is 3.59. The van der Waals surface area contributed by atoms with E-state index in [0.29, 0.717) is 23.3 Å². The second kappa shape index (κ2) is 5.91. The SMILES string of the molecule is OCC1CCCN1Cc1noc(-c2cccc(Cl)c2)n1. The van der Waals surface area contributed by atoms with Crippen LogP contribution in [0.4, 0.5) is 0 Å². The van der Waals surface area contributed by atoms with E-state index in [-0.39, 0.29) is 12.6 Å². The van der Waals surface area contributed by atoms with Crippen LogP contribution in [0.25, 0.3) is 11.5 Å². The van der Waals surface area contributed by atoms with Crippen LogP contribution in [-0.2, 0) is 6.54 Å². The van der Waals surface area contributed by atoms with Crippen molar-refractivity contribution < 1.29 is 9.63 Å². The molecule has 2 aromatic rings. The molecule has 0 aliphatic carbocycles. The third kappa shape index (κ3) is 2.85. The van der Waals surface area contributed by atoms with Gasteiger partial charge in [0.05, 0.1) is 13.2 Å². The highest BCUT2D eigenvalue weighted by Gasteiger charge is 2.25. The Morgan fingerprint density at radius 1 is 1.45 bits per heavy atom. The topological polar surface area (TPSA) is 62.4 Å². The van der Waals surface area contributed by atoms with E-state index < -0.39 is 0 Å². The van der Waals surface area contributed by atoms with Gasteiger partial charge in [-0.2, -0.15) is 4.98 Å². The van der Waals surface area contributed by atoms with E-state index in [1.807, 2.05) is 12.1 Å². The van der Waals surface area contributed by atoms with Crippen molar-refractivity contribution >= 4 is 11.6 Å². The van der Waals surface area contributed by atoms with E-state index in [1.165, 1.54) is 0 Å². The highest BCUT2D eigenvalue weighted by atomic mass is 35.5. The average Bonchev–Trinajstić information content (AvgIpc) is 3.08. The number of hydrogen-bond acceptors (Lipinski definition) is 5. The molecule has 1 unspecified atom stereocenters. The van der Waals surface area contributed by atoms with Crippen LogP contribution >= 0.6 is 11.6 Å². The minimum Gasteiger partial charge on any atom is -0.395 e. The monoisotopic (exact) mass is 293 g/mol. The van der Waals surface area contributed by atoms with Gasteiger partial charge in [0, 0.05) is 16.6 Å². The minimum absolute atomic E-state index is 0.180. The second-order valence-corrected chi connectivity index (χ2v) is 5.41. The van der Waals surface area contributed by atoms with Crippen molar-refractivity contribution in [2.45, 2.75) is 25.4 Å². The third-order valence-corrected chi connectivity index (χ3v) is 3.83. The van der Waals surface area contributed by atoms with Gasteiger partial charge in [-0.1, -0.05) is 22.8 Å². The van der Waals surface area contributed by atoms with Crippen molar-refractivity contribution in [3.05, 3.63) is 35.1 Å². The predicted octanol–water partition coefficient (Wildman–Crippen LogP) is 2.35. The quantitative estimate of drug-likeness (QED) is 0.937. The standard InChI is InChI=1S/C14H16ClN3O2/c15-11-4-1-3-10(7-11)14-16-13(17-20-14)8-18-6-2-5-12(18)9-19/h1,3-4,7,12,19H,2,5-6,8-9H2. The van der Waals surface area contributed by atoms with E-state index in [9.17, 15) is 5.11 Å². The molecule has 1 aromatic heterocycles. The Morgan fingerprint density at radius 3 is 3.15 bits per heavy atom. The van der Waals surface area contributed by atoms with Crippen molar-refractivity contribution in [1.82, 2.24) is 15.0 Å². The lowest BCUT2D eigenvalue weighted by molar-refractivity contribution is 0.150. The van der Waals surface area contributed by atoms with Crippen molar-refractivity contribution in [3.8, 4) is 11.5 Å². The number of aliphatic hydroxyl groups is 1. The number of halogens is 1. The molecule has 1 aliphatic heterocycles. The van der Waals surface area contributed by atoms with Crippen LogP contribution in [0.15, 0.2) is 28.8 Å². The fourth-order valence-electron chi connectivity index (χ4n) is 2.55. The number of rotatable bonds is 4. The molecule has 0 saturated carbocycles. The molecular weight excluding hydrogens is 278 g/mol. The number of aromatic nitrogens is 2. The zero-order valence-corrected chi connectivity index (χ0v) is 11.8. The molecule has 1 aromatic carbocycles. The molecule has 1 aliphatic rings. The van der Waals surface area contributed by atoms with E-state index in [4.69, 9.17) is 16.1 Å². The molecule has 0 radical (unpaired) electrons. The molecule has 3 rings (SSSR count). The molecule has 106 valence electrons. The summed E-state index contributed by atoms with van der Waals surface area (Å²) in [4.78, 5) is 6.58. The summed E-state index contributed by atoms with van der Waals surface area (Å²) in [6.07, 6.45) is 2.12. The molecule has 6 heteroatoms. The molecule has 0 bridgehead atoms. The van der Waals surface area contributed by atoms with Gasteiger partial charge in [-0.15, -0.1) is 0 Å². The predicted molar refractivity (Wildman–Crippen MR) is 75.3 cm³/mol. The lowest BCUT2D eigenvalue weighted by atomic mass is 10.2. The summed E-state index contributed by atoms with van der Waals surface area (Å²) in [5.74, 6) is 1.11. The van der Waals surface area contributed by atoms with Crippen LogP contribution in [0.3, 0.4) is 0 Å². The Kier molecular flexibility index (Phi) is 4.00. The minimum atomic E-state index is 0.180. The molecule has 20 heavy (non-hydrogen) atoms. The first-order chi connectivity index (χ1) is 9.76. The summed E-state index contributed by atoms with van der Waals surface area (Å²) < 4.78 is 5.28. The van der Waals surface area contributed by atoms with Crippen LogP contribution in [0.5, 0.6) is 0 Å². The van der Waals surface area contributed by atoms with Crippen LogP contribution < -0.4 is 0 Å². The molecule has 1 atom stereocenters. The molecule has 1 saturated heterocycles. The fourth-order valence-corrected chi connectivity index (χ4v) is 2.74. The summed E-state index contributed by atoms with van der Waals surface area (Å²) >= 11 is 5.95. The summed E-state index contributed by atoms with van der Waals surface area (Å²) in [6.45, 7) is 1.75. The van der Waals surface area contributed by atoms with Gasteiger partial charge in [-0.05, 0) is 37.6 Å². The molecule has 1 fully saturated rings. The summed E-state index contributed by atoms with van der Waals surface area (Å²) in [5.41, 5.74) is 0.816. The maximum Gasteiger partial charge on any atom is 0.258 e. The van der Waals surface area contributed by atoms with Crippen molar-refractivity contribution in [3.63, 3.8) is 0 Å². The van der Waals surface area contributed by atoms with E-state index >= 15 is 0 Å². The molecule has 0 spiro atoms. The number of benzene rings is 1. The Labute approximate surface area is 122 Å². The van der Waals surface area contributed by atoms with Gasteiger partial charge < -0.3 is 9.63 Å². The van der Waals surface area contributed by atoms with E-state index in [0.717, 1.165) is 24.9 Å². The number of aliphatic hydroxyl groups excluding tert-OH is 1. The molecular formula is C14H16ClN3O2. The van der Waals surface area contributed by atoms with Gasteiger partial charge in [0.25, 0.3) is 5.89 Å². The highest BCUT2D eigenvalue weighted by Crippen LogP contribution is 2.23. The highest BCUT2D eigenvalue weighted by molar-refractivity contribution is 6.30. The van der Waals surface area contributed by atoms with E-state index in [2.05, 4.69) is 15.0 Å². The Hall–Kier alpha value is -1.43. The Balaban J connectivity index is 1.74. The summed E-state index contributed by atoms with van der Waals surface area (Å²) in [5, 5.41) is 14.0. The van der Waals surface area contributed by atoms with Gasteiger partial charge in [0.1, 0.15) is 0 Å². The normalized spacial score (nSPS) is 19.6. The fraction of sp³-hybridized carbons (Fsp3) is 0.429. The first-order valence-electron chi connectivity index (χ1n) is 6.69. The maximum absolute atomic E-state index is 9.31. The van der Waals surface area contributed by atoms with Crippen LogP contribution in [0, 0.1) is 0 Å². The largest absolute Gasteiger partial charge is 0.395 e. The lowest BCUT2D eigenvalue weighted by Gasteiger charge is -2.20.